The third-order valence-corrected chi connectivity index (χ3v) is 7.74. The van der Waals surface area contributed by atoms with Crippen LogP contribution in [0.4, 0.5) is 0 Å². The molecule has 3 aliphatic rings. The summed E-state index contributed by atoms with van der Waals surface area (Å²) < 4.78 is 0. The Morgan fingerprint density at radius 1 is 1.21 bits per heavy atom. The minimum absolute atomic E-state index is 0.0209. The average Bonchev–Trinajstić information content (AvgIpc) is 2.95. The van der Waals surface area contributed by atoms with Gasteiger partial charge in [0.1, 0.15) is 0 Å². The van der Waals surface area contributed by atoms with E-state index in [1.807, 2.05) is 6.92 Å². The van der Waals surface area contributed by atoms with Gasteiger partial charge < -0.3 is 20.4 Å². The van der Waals surface area contributed by atoms with Crippen molar-refractivity contribution in [1.82, 2.24) is 0 Å². The number of aliphatic hydroxyl groups is 3. The summed E-state index contributed by atoms with van der Waals surface area (Å²) in [5, 5.41) is 39.2. The van der Waals surface area contributed by atoms with Gasteiger partial charge in [0.2, 0.25) is 0 Å². The number of allylic oxidation sites excluding steroid dienone is 3. The van der Waals surface area contributed by atoms with Crippen LogP contribution in [-0.4, -0.2) is 44.7 Å². The van der Waals surface area contributed by atoms with E-state index in [-0.39, 0.29) is 17.8 Å². The molecule has 3 aliphatic carbocycles. The standard InChI is InChI=1S/C23H36O5/c1-14(21(26)13-22(27)28)19-7-8-20-16(4-3-9-23(19,20)2)6-5-15-10-17(24)12-18(25)11-15/h5-6,14,17-21,24-26H,3-4,7-13H2,1-2H3,(H,27,28)/t14-,17+,18+,19+,20-,21?,23+/m0/s1. The van der Waals surface area contributed by atoms with Gasteiger partial charge >= 0.3 is 5.97 Å². The van der Waals surface area contributed by atoms with Crippen molar-refractivity contribution >= 4 is 5.97 Å². The summed E-state index contributed by atoms with van der Waals surface area (Å²) in [6.45, 7) is 4.34. The van der Waals surface area contributed by atoms with Crippen molar-refractivity contribution in [3.8, 4) is 0 Å². The van der Waals surface area contributed by atoms with Crippen LogP contribution in [0.25, 0.3) is 0 Å². The van der Waals surface area contributed by atoms with Crippen molar-refractivity contribution in [1.29, 1.82) is 0 Å². The minimum atomic E-state index is -0.938. The van der Waals surface area contributed by atoms with E-state index >= 15 is 0 Å². The van der Waals surface area contributed by atoms with Gasteiger partial charge in [-0.15, -0.1) is 0 Å². The van der Waals surface area contributed by atoms with Crippen LogP contribution >= 0.6 is 0 Å². The van der Waals surface area contributed by atoms with Gasteiger partial charge in [-0.1, -0.05) is 37.1 Å². The van der Waals surface area contributed by atoms with Crippen molar-refractivity contribution < 1.29 is 25.2 Å². The second kappa shape index (κ2) is 8.68. The summed E-state index contributed by atoms with van der Waals surface area (Å²) in [4.78, 5) is 11.0. The van der Waals surface area contributed by atoms with Crippen molar-refractivity contribution in [2.24, 2.45) is 23.2 Å². The Kier molecular flexibility index (Phi) is 6.68. The lowest BCUT2D eigenvalue weighted by Gasteiger charge is -2.45. The summed E-state index contributed by atoms with van der Waals surface area (Å²) in [5.41, 5.74) is 2.66. The van der Waals surface area contributed by atoms with E-state index in [4.69, 9.17) is 5.11 Å². The number of fused-ring (bicyclic) bond motifs is 1. The third kappa shape index (κ3) is 4.52. The van der Waals surface area contributed by atoms with Gasteiger partial charge in [-0.05, 0) is 74.5 Å². The van der Waals surface area contributed by atoms with Crippen LogP contribution in [0.3, 0.4) is 0 Å². The van der Waals surface area contributed by atoms with E-state index in [0.717, 1.165) is 37.7 Å². The van der Waals surface area contributed by atoms with E-state index in [0.29, 0.717) is 31.1 Å². The van der Waals surface area contributed by atoms with Crippen LogP contribution in [0.5, 0.6) is 0 Å². The molecule has 4 N–H and O–H groups in total. The zero-order valence-corrected chi connectivity index (χ0v) is 17.2. The van der Waals surface area contributed by atoms with Gasteiger partial charge in [0.05, 0.1) is 24.7 Å². The van der Waals surface area contributed by atoms with Gasteiger partial charge in [-0.2, -0.15) is 0 Å². The number of carboxylic acid groups (broad SMARTS) is 1. The fourth-order valence-electron chi connectivity index (χ4n) is 6.31. The molecule has 0 aliphatic heterocycles. The largest absolute Gasteiger partial charge is 0.481 e. The lowest BCUT2D eigenvalue weighted by atomic mass is 9.60. The molecule has 0 bridgehead atoms. The van der Waals surface area contributed by atoms with Gasteiger partial charge in [0, 0.05) is 0 Å². The Bertz CT molecular complexity index is 627. The van der Waals surface area contributed by atoms with Crippen LogP contribution in [0.2, 0.25) is 0 Å². The second-order valence-electron chi connectivity index (χ2n) is 9.64. The molecule has 3 rings (SSSR count). The number of hydrogen-bond acceptors (Lipinski definition) is 4. The van der Waals surface area contributed by atoms with E-state index < -0.39 is 24.3 Å². The molecule has 0 spiro atoms. The van der Waals surface area contributed by atoms with Crippen molar-refractivity contribution in [3.05, 3.63) is 23.3 Å². The number of aliphatic carboxylic acids is 1. The molecular formula is C23H36O5. The molecule has 3 fully saturated rings. The molecule has 0 amide bonds. The molecular weight excluding hydrogens is 356 g/mol. The molecule has 0 aromatic carbocycles. The SMILES string of the molecule is C[C@H](C(O)CC(=O)O)[C@H]1CC[C@H]2C(=CC=C3C[C@@H](O)C[C@H](O)C3)CCC[C@]12C. The molecule has 0 radical (unpaired) electrons. The van der Waals surface area contributed by atoms with E-state index in [1.165, 1.54) is 5.57 Å². The molecule has 0 saturated heterocycles. The second-order valence-corrected chi connectivity index (χ2v) is 9.64. The summed E-state index contributed by atoms with van der Waals surface area (Å²) in [5.74, 6) is -0.151. The molecule has 0 heterocycles. The predicted molar refractivity (Wildman–Crippen MR) is 108 cm³/mol. The molecule has 3 saturated carbocycles. The molecule has 5 nitrogen and oxygen atoms in total. The predicted octanol–water partition coefficient (Wildman–Crippen LogP) is 3.43. The van der Waals surface area contributed by atoms with Crippen LogP contribution in [0, 0.1) is 23.2 Å². The highest BCUT2D eigenvalue weighted by Crippen LogP contribution is 2.59. The van der Waals surface area contributed by atoms with Gasteiger partial charge in [-0.25, -0.2) is 0 Å². The van der Waals surface area contributed by atoms with Crippen LogP contribution < -0.4 is 0 Å². The van der Waals surface area contributed by atoms with Crippen LogP contribution in [-0.2, 0) is 4.79 Å². The fourth-order valence-corrected chi connectivity index (χ4v) is 6.31. The summed E-state index contributed by atoms with van der Waals surface area (Å²) in [6.07, 6.45) is 9.66. The first kappa shape index (κ1) is 21.5. The van der Waals surface area contributed by atoms with Gasteiger partial charge in [-0.3, -0.25) is 4.79 Å². The Hall–Kier alpha value is -1.17. The number of rotatable bonds is 5. The Balaban J connectivity index is 1.75. The lowest BCUT2D eigenvalue weighted by molar-refractivity contribution is -0.140. The first-order chi connectivity index (χ1) is 13.2. The van der Waals surface area contributed by atoms with E-state index in [2.05, 4.69) is 19.1 Å². The molecule has 1 unspecified atom stereocenters. The first-order valence-electron chi connectivity index (χ1n) is 10.8. The topological polar surface area (TPSA) is 98.0 Å². The quantitative estimate of drug-likeness (QED) is 0.575. The third-order valence-electron chi connectivity index (χ3n) is 7.74. The lowest BCUT2D eigenvalue weighted by Crippen LogP contribution is -2.39. The Morgan fingerprint density at radius 3 is 2.54 bits per heavy atom. The van der Waals surface area contributed by atoms with E-state index in [1.54, 1.807) is 0 Å². The number of carbonyl (C=O) groups is 1. The normalized spacial score (nSPS) is 39.5. The van der Waals surface area contributed by atoms with Crippen molar-refractivity contribution in [3.63, 3.8) is 0 Å². The maximum absolute atomic E-state index is 11.0. The minimum Gasteiger partial charge on any atom is -0.481 e. The fraction of sp³-hybridized carbons (Fsp3) is 0.783. The Morgan fingerprint density at radius 2 is 1.89 bits per heavy atom. The number of hydrogen-bond donors (Lipinski definition) is 4. The monoisotopic (exact) mass is 392 g/mol. The van der Waals surface area contributed by atoms with Gasteiger partial charge in [0.15, 0.2) is 0 Å². The maximum atomic E-state index is 11.0. The van der Waals surface area contributed by atoms with Gasteiger partial charge in [0.25, 0.3) is 0 Å². The highest BCUT2D eigenvalue weighted by molar-refractivity contribution is 5.67. The molecule has 5 heteroatoms. The van der Waals surface area contributed by atoms with Crippen molar-refractivity contribution in [2.45, 2.75) is 89.9 Å². The Labute approximate surface area is 168 Å². The zero-order chi connectivity index (χ0) is 20.5. The molecule has 158 valence electrons. The summed E-state index contributed by atoms with van der Waals surface area (Å²) >= 11 is 0. The average molecular weight is 393 g/mol. The highest BCUT2D eigenvalue weighted by atomic mass is 16.4. The van der Waals surface area contributed by atoms with Crippen LogP contribution in [0.1, 0.15) is 71.6 Å². The van der Waals surface area contributed by atoms with Crippen LogP contribution in [0.15, 0.2) is 23.3 Å². The summed E-state index contributed by atoms with van der Waals surface area (Å²) in [7, 11) is 0. The number of aliphatic hydroxyl groups excluding tert-OH is 3. The zero-order valence-electron chi connectivity index (χ0n) is 17.2. The highest BCUT2D eigenvalue weighted by Gasteiger charge is 2.51. The first-order valence-corrected chi connectivity index (χ1v) is 10.8. The maximum Gasteiger partial charge on any atom is 0.305 e. The van der Waals surface area contributed by atoms with E-state index in [9.17, 15) is 20.1 Å². The number of carboxylic acids is 1. The summed E-state index contributed by atoms with van der Waals surface area (Å²) in [6, 6.07) is 0. The molecule has 7 atom stereocenters. The molecule has 0 aromatic heterocycles. The smallest absolute Gasteiger partial charge is 0.305 e. The molecule has 0 aromatic rings. The van der Waals surface area contributed by atoms with Crippen molar-refractivity contribution in [2.75, 3.05) is 0 Å². The molecule has 28 heavy (non-hydrogen) atoms.